The predicted molar refractivity (Wildman–Crippen MR) is 68.8 cm³/mol. The van der Waals surface area contributed by atoms with Gasteiger partial charge in [0, 0.05) is 5.92 Å². The summed E-state index contributed by atoms with van der Waals surface area (Å²) in [6.07, 6.45) is 5.24. The van der Waals surface area contributed by atoms with Gasteiger partial charge in [0.25, 0.3) is 0 Å². The van der Waals surface area contributed by atoms with E-state index in [2.05, 4.69) is 6.07 Å². The molecule has 0 aromatic heterocycles. The second-order valence-corrected chi connectivity index (χ2v) is 5.05. The van der Waals surface area contributed by atoms with Gasteiger partial charge in [-0.05, 0) is 49.3 Å². The van der Waals surface area contributed by atoms with Crippen LogP contribution in [0.3, 0.4) is 0 Å². The fourth-order valence-corrected chi connectivity index (χ4v) is 2.79. The molecule has 0 saturated heterocycles. The van der Waals surface area contributed by atoms with Gasteiger partial charge in [0.2, 0.25) is 0 Å². The first-order chi connectivity index (χ1) is 8.24. The maximum absolute atomic E-state index is 10.7. The Balaban J connectivity index is 2.08. The molecule has 1 aliphatic rings. The molecule has 1 aromatic carbocycles. The van der Waals surface area contributed by atoms with E-state index in [-0.39, 0.29) is 5.92 Å². The molecule has 1 aliphatic carbocycles. The third-order valence-corrected chi connectivity index (χ3v) is 3.91. The molecule has 0 radical (unpaired) electrons. The zero-order valence-corrected chi connectivity index (χ0v) is 10.7. The molecule has 3 heteroatoms. The van der Waals surface area contributed by atoms with Crippen LogP contribution in [0, 0.1) is 5.92 Å². The minimum absolute atomic E-state index is 0.264. The lowest BCUT2D eigenvalue weighted by Gasteiger charge is -2.26. The minimum atomic E-state index is 0.264. The summed E-state index contributed by atoms with van der Waals surface area (Å²) in [5.41, 5.74) is 1.26. The monoisotopic (exact) mass is 252 g/mol. The number of hydrogen-bond donors (Lipinski definition) is 0. The molecule has 0 spiro atoms. The van der Waals surface area contributed by atoms with Crippen LogP contribution in [0.2, 0.25) is 5.02 Å². The van der Waals surface area contributed by atoms with Gasteiger partial charge in [0.15, 0.2) is 0 Å². The summed E-state index contributed by atoms with van der Waals surface area (Å²) in [7, 11) is 1.62. The Hall–Kier alpha value is -1.02. The van der Waals surface area contributed by atoms with Crippen LogP contribution in [0.4, 0.5) is 0 Å². The molecule has 0 heterocycles. The molecule has 0 atom stereocenters. The normalized spacial score (nSPS) is 24.4. The van der Waals surface area contributed by atoms with Gasteiger partial charge in [-0.2, -0.15) is 0 Å². The van der Waals surface area contributed by atoms with Crippen LogP contribution in [0.1, 0.15) is 37.2 Å². The number of benzene rings is 1. The number of ether oxygens (including phenoxy) is 1. The Bertz CT molecular complexity index is 395. The quantitative estimate of drug-likeness (QED) is 0.765. The second kappa shape index (κ2) is 5.54. The molecule has 0 N–H and O–H groups in total. The van der Waals surface area contributed by atoms with E-state index in [1.54, 1.807) is 7.11 Å². The Morgan fingerprint density at radius 1 is 1.29 bits per heavy atom. The van der Waals surface area contributed by atoms with Crippen LogP contribution in [-0.2, 0) is 4.79 Å². The van der Waals surface area contributed by atoms with Crippen LogP contribution in [-0.4, -0.2) is 13.4 Å². The van der Waals surface area contributed by atoms with Crippen molar-refractivity contribution in [3.8, 4) is 5.75 Å². The molecule has 0 aliphatic heterocycles. The van der Waals surface area contributed by atoms with Crippen molar-refractivity contribution in [1.82, 2.24) is 0 Å². The highest BCUT2D eigenvalue weighted by atomic mass is 35.5. The molecule has 92 valence electrons. The number of halogens is 1. The third-order valence-electron chi connectivity index (χ3n) is 3.61. The van der Waals surface area contributed by atoms with Crippen molar-refractivity contribution in [1.29, 1.82) is 0 Å². The molecule has 1 fully saturated rings. The molecular weight excluding hydrogens is 236 g/mol. The van der Waals surface area contributed by atoms with E-state index < -0.39 is 0 Å². The van der Waals surface area contributed by atoms with Crippen LogP contribution in [0.15, 0.2) is 18.2 Å². The predicted octanol–water partition coefficient (Wildman–Crippen LogP) is 3.82. The number of methoxy groups -OCH3 is 1. The first-order valence-corrected chi connectivity index (χ1v) is 6.41. The van der Waals surface area contributed by atoms with Crippen molar-refractivity contribution in [2.75, 3.05) is 7.11 Å². The number of carbonyl (C=O) groups is 1. The topological polar surface area (TPSA) is 26.3 Å². The van der Waals surface area contributed by atoms with Gasteiger partial charge in [0.05, 0.1) is 12.1 Å². The molecular formula is C14H17ClO2. The molecule has 0 amide bonds. The van der Waals surface area contributed by atoms with Crippen molar-refractivity contribution < 1.29 is 9.53 Å². The number of hydrogen-bond acceptors (Lipinski definition) is 2. The van der Waals surface area contributed by atoms with E-state index in [1.807, 2.05) is 12.1 Å². The van der Waals surface area contributed by atoms with E-state index in [9.17, 15) is 4.79 Å². The van der Waals surface area contributed by atoms with Crippen molar-refractivity contribution >= 4 is 17.9 Å². The molecule has 17 heavy (non-hydrogen) atoms. The van der Waals surface area contributed by atoms with Crippen molar-refractivity contribution in [2.45, 2.75) is 31.6 Å². The number of rotatable bonds is 3. The largest absolute Gasteiger partial charge is 0.495 e. The molecule has 2 rings (SSSR count). The molecule has 1 saturated carbocycles. The summed E-state index contributed by atoms with van der Waals surface area (Å²) in [6.45, 7) is 0. The molecule has 0 bridgehead atoms. The Morgan fingerprint density at radius 2 is 2.00 bits per heavy atom. The first kappa shape index (κ1) is 12.4. The summed E-state index contributed by atoms with van der Waals surface area (Å²) in [6, 6.07) is 5.99. The Kier molecular flexibility index (Phi) is 4.06. The van der Waals surface area contributed by atoms with Crippen LogP contribution in [0.25, 0.3) is 0 Å². The highest BCUT2D eigenvalue weighted by Gasteiger charge is 2.22. The second-order valence-electron chi connectivity index (χ2n) is 4.64. The van der Waals surface area contributed by atoms with Gasteiger partial charge in [0.1, 0.15) is 12.0 Å². The number of aldehydes is 1. The van der Waals surface area contributed by atoms with Crippen molar-refractivity contribution in [3.63, 3.8) is 0 Å². The van der Waals surface area contributed by atoms with Gasteiger partial charge in [-0.15, -0.1) is 0 Å². The van der Waals surface area contributed by atoms with Gasteiger partial charge in [-0.25, -0.2) is 0 Å². The fraction of sp³-hybridized carbons (Fsp3) is 0.500. The lowest BCUT2D eigenvalue weighted by atomic mass is 9.79. The van der Waals surface area contributed by atoms with E-state index in [4.69, 9.17) is 16.3 Å². The van der Waals surface area contributed by atoms with E-state index in [0.29, 0.717) is 10.9 Å². The molecule has 1 aromatic rings. The van der Waals surface area contributed by atoms with Gasteiger partial charge < -0.3 is 9.53 Å². The Morgan fingerprint density at radius 3 is 2.53 bits per heavy atom. The average Bonchev–Trinajstić information content (AvgIpc) is 2.39. The minimum Gasteiger partial charge on any atom is -0.495 e. The van der Waals surface area contributed by atoms with Crippen molar-refractivity contribution in [3.05, 3.63) is 28.8 Å². The summed E-state index contributed by atoms with van der Waals surface area (Å²) < 4.78 is 5.14. The summed E-state index contributed by atoms with van der Waals surface area (Å²) >= 11 is 6.12. The lowest BCUT2D eigenvalue weighted by Crippen LogP contribution is -2.14. The highest BCUT2D eigenvalue weighted by molar-refractivity contribution is 6.32. The maximum Gasteiger partial charge on any atom is 0.137 e. The van der Waals surface area contributed by atoms with Gasteiger partial charge in [-0.3, -0.25) is 0 Å². The van der Waals surface area contributed by atoms with Crippen LogP contribution < -0.4 is 4.74 Å². The highest BCUT2D eigenvalue weighted by Crippen LogP contribution is 2.37. The van der Waals surface area contributed by atoms with Crippen LogP contribution in [0.5, 0.6) is 5.75 Å². The van der Waals surface area contributed by atoms with E-state index in [0.717, 1.165) is 37.7 Å². The van der Waals surface area contributed by atoms with Gasteiger partial charge in [-0.1, -0.05) is 17.7 Å². The third kappa shape index (κ3) is 2.81. The summed E-state index contributed by atoms with van der Waals surface area (Å²) in [5, 5.41) is 0.669. The van der Waals surface area contributed by atoms with E-state index >= 15 is 0 Å². The van der Waals surface area contributed by atoms with Crippen LogP contribution >= 0.6 is 11.6 Å². The smallest absolute Gasteiger partial charge is 0.137 e. The standard InChI is InChI=1S/C14H17ClO2/c1-17-14-7-6-12(8-13(14)15)11-4-2-10(9-16)3-5-11/h6-11H,2-5H2,1H3. The summed E-state index contributed by atoms with van der Waals surface area (Å²) in [5.74, 6) is 1.52. The van der Waals surface area contributed by atoms with E-state index in [1.165, 1.54) is 5.56 Å². The zero-order valence-electron chi connectivity index (χ0n) is 9.99. The molecule has 0 unspecified atom stereocenters. The fourth-order valence-electron chi connectivity index (χ4n) is 2.53. The lowest BCUT2D eigenvalue weighted by molar-refractivity contribution is -0.111. The number of carbonyl (C=O) groups excluding carboxylic acids is 1. The Labute approximate surface area is 107 Å². The van der Waals surface area contributed by atoms with Crippen molar-refractivity contribution in [2.24, 2.45) is 5.92 Å². The zero-order chi connectivity index (χ0) is 12.3. The average molecular weight is 253 g/mol. The first-order valence-electron chi connectivity index (χ1n) is 6.03. The summed E-state index contributed by atoms with van der Waals surface area (Å²) in [4.78, 5) is 10.7. The molecule has 2 nitrogen and oxygen atoms in total. The maximum atomic E-state index is 10.7. The van der Waals surface area contributed by atoms with Gasteiger partial charge >= 0.3 is 0 Å². The SMILES string of the molecule is COc1ccc(C2CCC(C=O)CC2)cc1Cl.